The summed E-state index contributed by atoms with van der Waals surface area (Å²) >= 11 is 0. The van der Waals surface area contributed by atoms with Crippen LogP contribution >= 0.6 is 0 Å². The van der Waals surface area contributed by atoms with Crippen LogP contribution in [0.2, 0.25) is 0 Å². The second-order valence-corrected chi connectivity index (χ2v) is 4.67. The quantitative estimate of drug-likeness (QED) is 0.845. The zero-order valence-electron chi connectivity index (χ0n) is 10.6. The molecule has 1 aromatic heterocycles. The van der Waals surface area contributed by atoms with Crippen LogP contribution in [0.25, 0.3) is 0 Å². The van der Waals surface area contributed by atoms with E-state index in [9.17, 15) is 13.6 Å². The minimum Gasteiger partial charge on any atom is -0.340 e. The molecule has 0 aliphatic carbocycles. The Morgan fingerprint density at radius 3 is 2.90 bits per heavy atom. The molecule has 1 unspecified atom stereocenters. The topological polar surface area (TPSA) is 59.2 Å². The summed E-state index contributed by atoms with van der Waals surface area (Å²) < 4.78 is 31.8. The number of rotatable bonds is 2. The molecule has 1 amide bonds. The first-order chi connectivity index (χ1) is 9.54. The molecule has 5 nitrogen and oxygen atoms in total. The number of amides is 1. The molecular weight excluding hydrogens is 268 g/mol. The summed E-state index contributed by atoms with van der Waals surface area (Å²) in [6.45, 7) is 1.86. The monoisotopic (exact) mass is 279 g/mol. The van der Waals surface area contributed by atoms with Gasteiger partial charge in [-0.25, -0.2) is 8.78 Å². The Morgan fingerprint density at radius 2 is 2.20 bits per heavy atom. The van der Waals surface area contributed by atoms with Gasteiger partial charge in [0.15, 0.2) is 5.82 Å². The highest BCUT2D eigenvalue weighted by Gasteiger charge is 2.35. The van der Waals surface area contributed by atoms with Gasteiger partial charge in [0.2, 0.25) is 11.8 Å². The predicted octanol–water partition coefficient (Wildman–Crippen LogP) is 2.18. The van der Waals surface area contributed by atoms with Crippen molar-refractivity contribution in [1.29, 1.82) is 0 Å². The van der Waals surface area contributed by atoms with E-state index in [-0.39, 0.29) is 30.5 Å². The van der Waals surface area contributed by atoms with Gasteiger partial charge in [-0.05, 0) is 12.1 Å². The number of aryl methyl sites for hydroxylation is 1. The SMILES string of the molecule is Cc1nc(C2CC(=O)N(c3cc(F)ccc3F)C2)no1. The normalized spacial score (nSPS) is 18.9. The summed E-state index contributed by atoms with van der Waals surface area (Å²) in [5.74, 6) is -0.972. The lowest BCUT2D eigenvalue weighted by atomic mass is 10.1. The number of nitrogens with zero attached hydrogens (tertiary/aromatic N) is 3. The van der Waals surface area contributed by atoms with E-state index in [0.29, 0.717) is 11.7 Å². The minimum atomic E-state index is -0.635. The number of carbonyl (C=O) groups excluding carboxylic acids is 1. The second-order valence-electron chi connectivity index (χ2n) is 4.67. The van der Waals surface area contributed by atoms with Crippen molar-refractivity contribution >= 4 is 11.6 Å². The Balaban J connectivity index is 1.89. The average molecular weight is 279 g/mol. The zero-order valence-corrected chi connectivity index (χ0v) is 10.6. The van der Waals surface area contributed by atoms with Crippen LogP contribution in [0.3, 0.4) is 0 Å². The Kier molecular flexibility index (Phi) is 2.96. The van der Waals surface area contributed by atoms with Gasteiger partial charge in [0.25, 0.3) is 0 Å². The smallest absolute Gasteiger partial charge is 0.227 e. The van der Waals surface area contributed by atoms with Crippen molar-refractivity contribution < 1.29 is 18.1 Å². The fraction of sp³-hybridized carbons (Fsp3) is 0.308. The van der Waals surface area contributed by atoms with Crippen molar-refractivity contribution in [3.05, 3.63) is 41.5 Å². The molecular formula is C13H11F2N3O2. The lowest BCUT2D eigenvalue weighted by Crippen LogP contribution is -2.25. The van der Waals surface area contributed by atoms with Crippen molar-refractivity contribution in [3.63, 3.8) is 0 Å². The number of aromatic nitrogens is 2. The lowest BCUT2D eigenvalue weighted by molar-refractivity contribution is -0.117. The van der Waals surface area contributed by atoms with Crippen LogP contribution in [-0.2, 0) is 4.79 Å². The van der Waals surface area contributed by atoms with E-state index in [0.717, 1.165) is 18.2 Å². The molecule has 1 aliphatic rings. The largest absolute Gasteiger partial charge is 0.340 e. The number of benzene rings is 1. The van der Waals surface area contributed by atoms with E-state index in [1.54, 1.807) is 6.92 Å². The van der Waals surface area contributed by atoms with Crippen molar-refractivity contribution in [2.75, 3.05) is 11.4 Å². The number of hydrogen-bond acceptors (Lipinski definition) is 4. The van der Waals surface area contributed by atoms with Crippen molar-refractivity contribution in [1.82, 2.24) is 10.1 Å². The summed E-state index contributed by atoms with van der Waals surface area (Å²) in [4.78, 5) is 17.3. The molecule has 20 heavy (non-hydrogen) atoms. The Hall–Kier alpha value is -2.31. The first kappa shape index (κ1) is 12.7. The van der Waals surface area contributed by atoms with Gasteiger partial charge in [-0.15, -0.1) is 0 Å². The third kappa shape index (κ3) is 2.15. The molecule has 3 rings (SSSR count). The van der Waals surface area contributed by atoms with Gasteiger partial charge in [0.05, 0.1) is 5.69 Å². The summed E-state index contributed by atoms with van der Waals surface area (Å²) in [5.41, 5.74) is -0.0577. The van der Waals surface area contributed by atoms with E-state index >= 15 is 0 Å². The van der Waals surface area contributed by atoms with Gasteiger partial charge in [0.1, 0.15) is 11.6 Å². The van der Waals surface area contributed by atoms with E-state index in [1.807, 2.05) is 0 Å². The fourth-order valence-electron chi connectivity index (χ4n) is 2.29. The standard InChI is InChI=1S/C13H11F2N3O2/c1-7-16-13(17-20-7)8-4-12(19)18(6-8)11-5-9(14)2-3-10(11)15/h2-3,5,8H,4,6H2,1H3. The van der Waals surface area contributed by atoms with Crippen LogP contribution < -0.4 is 4.90 Å². The van der Waals surface area contributed by atoms with Crippen LogP contribution in [0.5, 0.6) is 0 Å². The van der Waals surface area contributed by atoms with Crippen molar-refractivity contribution in [3.8, 4) is 0 Å². The molecule has 1 aliphatic heterocycles. The molecule has 1 atom stereocenters. The highest BCUT2D eigenvalue weighted by Crippen LogP contribution is 2.32. The zero-order chi connectivity index (χ0) is 14.3. The molecule has 1 fully saturated rings. The van der Waals surface area contributed by atoms with Gasteiger partial charge in [-0.1, -0.05) is 5.16 Å². The fourth-order valence-corrected chi connectivity index (χ4v) is 2.29. The van der Waals surface area contributed by atoms with Crippen LogP contribution in [0.4, 0.5) is 14.5 Å². The van der Waals surface area contributed by atoms with Crippen LogP contribution in [-0.4, -0.2) is 22.6 Å². The summed E-state index contributed by atoms with van der Waals surface area (Å²) in [7, 11) is 0. The Bertz CT molecular complexity index is 671. The Morgan fingerprint density at radius 1 is 1.40 bits per heavy atom. The predicted molar refractivity (Wildman–Crippen MR) is 65.1 cm³/mol. The highest BCUT2D eigenvalue weighted by molar-refractivity contribution is 5.96. The van der Waals surface area contributed by atoms with Crippen molar-refractivity contribution in [2.24, 2.45) is 0 Å². The molecule has 7 heteroatoms. The molecule has 2 aromatic rings. The molecule has 0 N–H and O–H groups in total. The van der Waals surface area contributed by atoms with Crippen molar-refractivity contribution in [2.45, 2.75) is 19.3 Å². The van der Waals surface area contributed by atoms with Crippen LogP contribution in [0.15, 0.2) is 22.7 Å². The summed E-state index contributed by atoms with van der Waals surface area (Å²) in [6, 6.07) is 3.03. The maximum Gasteiger partial charge on any atom is 0.227 e. The summed E-state index contributed by atoms with van der Waals surface area (Å²) in [5, 5.41) is 3.77. The molecule has 0 saturated carbocycles. The summed E-state index contributed by atoms with van der Waals surface area (Å²) in [6.07, 6.45) is 0.148. The number of carbonyl (C=O) groups is 1. The molecule has 0 radical (unpaired) electrons. The maximum absolute atomic E-state index is 13.7. The third-order valence-corrected chi connectivity index (χ3v) is 3.23. The highest BCUT2D eigenvalue weighted by atomic mass is 19.1. The molecule has 1 saturated heterocycles. The second kappa shape index (κ2) is 4.66. The van der Waals surface area contributed by atoms with Gasteiger partial charge in [-0.3, -0.25) is 4.79 Å². The average Bonchev–Trinajstić information content (AvgIpc) is 2.99. The number of anilines is 1. The van der Waals surface area contributed by atoms with E-state index < -0.39 is 11.6 Å². The number of hydrogen-bond donors (Lipinski definition) is 0. The minimum absolute atomic E-state index is 0.0577. The van der Waals surface area contributed by atoms with E-state index in [2.05, 4.69) is 10.1 Å². The lowest BCUT2D eigenvalue weighted by Gasteiger charge is -2.16. The molecule has 2 heterocycles. The van der Waals surface area contributed by atoms with Gasteiger partial charge >= 0.3 is 0 Å². The first-order valence-corrected chi connectivity index (χ1v) is 6.10. The van der Waals surface area contributed by atoms with Crippen LogP contribution in [0.1, 0.15) is 24.1 Å². The van der Waals surface area contributed by atoms with E-state index in [1.165, 1.54) is 4.90 Å². The van der Waals surface area contributed by atoms with Gasteiger partial charge in [0, 0.05) is 31.9 Å². The molecule has 0 spiro atoms. The molecule has 1 aromatic carbocycles. The number of halogens is 2. The van der Waals surface area contributed by atoms with Gasteiger partial charge in [-0.2, -0.15) is 4.98 Å². The molecule has 104 valence electrons. The van der Waals surface area contributed by atoms with Crippen LogP contribution in [0, 0.1) is 18.6 Å². The third-order valence-electron chi connectivity index (χ3n) is 3.23. The molecule has 0 bridgehead atoms. The Labute approximate surface area is 113 Å². The van der Waals surface area contributed by atoms with Gasteiger partial charge < -0.3 is 9.42 Å². The van der Waals surface area contributed by atoms with E-state index in [4.69, 9.17) is 4.52 Å². The maximum atomic E-state index is 13.7. The first-order valence-electron chi connectivity index (χ1n) is 6.10.